The molecule has 1 saturated heterocycles. The molecular weight excluding hydrogens is 248 g/mol. The Bertz CT molecular complexity index is 360. The van der Waals surface area contributed by atoms with E-state index >= 15 is 0 Å². The molecule has 0 radical (unpaired) electrons. The van der Waals surface area contributed by atoms with Crippen LogP contribution in [0.2, 0.25) is 0 Å². The maximum Gasteiger partial charge on any atom is 0.151 e. The predicted molar refractivity (Wildman–Crippen MR) is 76.7 cm³/mol. The van der Waals surface area contributed by atoms with Gasteiger partial charge in [0, 0.05) is 17.6 Å². The first-order chi connectivity index (χ1) is 8.11. The second-order valence-corrected chi connectivity index (χ2v) is 8.77. The van der Waals surface area contributed by atoms with Crippen molar-refractivity contribution in [3.05, 3.63) is 0 Å². The quantitative estimate of drug-likeness (QED) is 0.821. The van der Waals surface area contributed by atoms with E-state index in [0.717, 1.165) is 19.4 Å². The SMILES string of the molecule is CC(CCNC(C)(C)C)N(C)C1CCS(=O)(=O)C1. The number of rotatable bonds is 5. The van der Waals surface area contributed by atoms with E-state index in [4.69, 9.17) is 0 Å². The number of nitrogens with one attached hydrogen (secondary N) is 1. The van der Waals surface area contributed by atoms with Crippen molar-refractivity contribution in [2.24, 2.45) is 0 Å². The molecule has 1 fully saturated rings. The fourth-order valence-corrected chi connectivity index (χ4v) is 4.10. The van der Waals surface area contributed by atoms with Crippen LogP contribution in [-0.4, -0.2) is 56.0 Å². The summed E-state index contributed by atoms with van der Waals surface area (Å²) in [5, 5.41) is 3.47. The molecule has 1 aliphatic heterocycles. The first-order valence-corrected chi connectivity index (χ1v) is 8.60. The zero-order valence-corrected chi connectivity index (χ0v) is 13.2. The van der Waals surface area contributed by atoms with Crippen molar-refractivity contribution in [2.45, 2.75) is 58.2 Å². The van der Waals surface area contributed by atoms with Gasteiger partial charge in [-0.05, 0) is 54.1 Å². The first-order valence-electron chi connectivity index (χ1n) is 6.78. The van der Waals surface area contributed by atoms with Crippen molar-refractivity contribution >= 4 is 9.84 Å². The van der Waals surface area contributed by atoms with Gasteiger partial charge in [0.1, 0.15) is 0 Å². The Balaban J connectivity index is 2.36. The Morgan fingerprint density at radius 3 is 2.44 bits per heavy atom. The van der Waals surface area contributed by atoms with E-state index in [2.05, 4.69) is 37.9 Å². The van der Waals surface area contributed by atoms with Gasteiger partial charge in [-0.25, -0.2) is 8.42 Å². The smallest absolute Gasteiger partial charge is 0.151 e. The molecule has 0 aromatic rings. The fourth-order valence-electron chi connectivity index (χ4n) is 2.32. The third-order valence-corrected chi connectivity index (χ3v) is 5.45. The third kappa shape index (κ3) is 5.24. The van der Waals surface area contributed by atoms with Crippen molar-refractivity contribution in [1.82, 2.24) is 10.2 Å². The Morgan fingerprint density at radius 1 is 1.39 bits per heavy atom. The van der Waals surface area contributed by atoms with Crippen LogP contribution in [0.15, 0.2) is 0 Å². The van der Waals surface area contributed by atoms with Crippen molar-refractivity contribution < 1.29 is 8.42 Å². The van der Waals surface area contributed by atoms with Crippen LogP contribution in [0.3, 0.4) is 0 Å². The van der Waals surface area contributed by atoms with Crippen LogP contribution in [0.5, 0.6) is 0 Å². The van der Waals surface area contributed by atoms with Crippen LogP contribution in [0.25, 0.3) is 0 Å². The second kappa shape index (κ2) is 5.88. The highest BCUT2D eigenvalue weighted by Crippen LogP contribution is 2.19. The molecule has 0 bridgehead atoms. The molecule has 0 aromatic heterocycles. The van der Waals surface area contributed by atoms with Gasteiger partial charge < -0.3 is 5.32 Å². The molecule has 1 rings (SSSR count). The third-order valence-electron chi connectivity index (χ3n) is 3.70. The molecule has 1 aliphatic rings. The summed E-state index contributed by atoms with van der Waals surface area (Å²) in [4.78, 5) is 2.23. The van der Waals surface area contributed by atoms with Crippen LogP contribution in [0, 0.1) is 0 Å². The minimum Gasteiger partial charge on any atom is -0.312 e. The summed E-state index contributed by atoms with van der Waals surface area (Å²) in [6.07, 6.45) is 1.83. The van der Waals surface area contributed by atoms with Crippen molar-refractivity contribution in [1.29, 1.82) is 0 Å². The standard InChI is InChI=1S/C13H28N2O2S/c1-11(6-8-14-13(2,3)4)15(5)12-7-9-18(16,17)10-12/h11-12,14H,6-10H2,1-5H3. The van der Waals surface area contributed by atoms with Gasteiger partial charge >= 0.3 is 0 Å². The second-order valence-electron chi connectivity index (χ2n) is 6.54. The van der Waals surface area contributed by atoms with Gasteiger partial charge in [0.15, 0.2) is 9.84 Å². The van der Waals surface area contributed by atoms with Crippen LogP contribution in [0.1, 0.15) is 40.5 Å². The monoisotopic (exact) mass is 276 g/mol. The summed E-state index contributed by atoms with van der Waals surface area (Å²) in [5.74, 6) is 0.690. The van der Waals surface area contributed by atoms with Crippen LogP contribution < -0.4 is 5.32 Å². The lowest BCUT2D eigenvalue weighted by atomic mass is 10.1. The molecule has 0 saturated carbocycles. The van der Waals surface area contributed by atoms with E-state index in [0.29, 0.717) is 17.5 Å². The maximum atomic E-state index is 11.5. The lowest BCUT2D eigenvalue weighted by molar-refractivity contribution is 0.187. The molecule has 0 aromatic carbocycles. The molecule has 4 nitrogen and oxygen atoms in total. The summed E-state index contributed by atoms with van der Waals surface area (Å²) in [7, 11) is -0.726. The maximum absolute atomic E-state index is 11.5. The molecule has 2 atom stereocenters. The highest BCUT2D eigenvalue weighted by molar-refractivity contribution is 7.91. The van der Waals surface area contributed by atoms with E-state index in [1.807, 2.05) is 7.05 Å². The lowest BCUT2D eigenvalue weighted by Crippen LogP contribution is -2.43. The van der Waals surface area contributed by atoms with Gasteiger partial charge in [-0.15, -0.1) is 0 Å². The van der Waals surface area contributed by atoms with Gasteiger partial charge in [0.2, 0.25) is 0 Å². The molecule has 0 amide bonds. The molecule has 0 spiro atoms. The fraction of sp³-hybridized carbons (Fsp3) is 1.00. The van der Waals surface area contributed by atoms with E-state index in [1.54, 1.807) is 0 Å². The van der Waals surface area contributed by atoms with E-state index in [9.17, 15) is 8.42 Å². The Kier molecular flexibility index (Phi) is 5.21. The molecule has 1 N–H and O–H groups in total. The first kappa shape index (κ1) is 15.9. The summed E-state index contributed by atoms with van der Waals surface area (Å²) >= 11 is 0. The lowest BCUT2D eigenvalue weighted by Gasteiger charge is -2.31. The summed E-state index contributed by atoms with van der Waals surface area (Å²) in [6, 6.07) is 0.623. The van der Waals surface area contributed by atoms with Crippen LogP contribution >= 0.6 is 0 Å². The average molecular weight is 276 g/mol. The molecule has 1 heterocycles. The van der Waals surface area contributed by atoms with Crippen LogP contribution in [-0.2, 0) is 9.84 Å². The Labute approximate surface area is 112 Å². The van der Waals surface area contributed by atoms with Gasteiger partial charge in [-0.1, -0.05) is 0 Å². The zero-order chi connectivity index (χ0) is 14.0. The van der Waals surface area contributed by atoms with Crippen LogP contribution in [0.4, 0.5) is 0 Å². The summed E-state index contributed by atoms with van der Waals surface area (Å²) in [6.45, 7) is 9.62. The molecule has 2 unspecified atom stereocenters. The predicted octanol–water partition coefficient (Wildman–Crippen LogP) is 1.27. The van der Waals surface area contributed by atoms with Gasteiger partial charge in [-0.3, -0.25) is 4.90 Å². The molecule has 18 heavy (non-hydrogen) atoms. The minimum absolute atomic E-state index is 0.148. The minimum atomic E-state index is -2.78. The van der Waals surface area contributed by atoms with Crippen molar-refractivity contribution in [3.63, 3.8) is 0 Å². The van der Waals surface area contributed by atoms with Gasteiger partial charge in [0.25, 0.3) is 0 Å². The van der Waals surface area contributed by atoms with Crippen molar-refractivity contribution in [2.75, 3.05) is 25.1 Å². The summed E-state index contributed by atoms with van der Waals surface area (Å²) in [5.41, 5.74) is 0.148. The normalized spacial score (nSPS) is 25.6. The topological polar surface area (TPSA) is 49.4 Å². The van der Waals surface area contributed by atoms with E-state index < -0.39 is 9.84 Å². The largest absolute Gasteiger partial charge is 0.312 e. The number of nitrogens with zero attached hydrogens (tertiary/aromatic N) is 1. The molecule has 5 heteroatoms. The zero-order valence-electron chi connectivity index (χ0n) is 12.4. The van der Waals surface area contributed by atoms with E-state index in [-0.39, 0.29) is 11.6 Å². The van der Waals surface area contributed by atoms with Gasteiger partial charge in [0.05, 0.1) is 11.5 Å². The average Bonchev–Trinajstić information content (AvgIpc) is 2.55. The number of hydrogen-bond donors (Lipinski definition) is 1. The van der Waals surface area contributed by atoms with Crippen molar-refractivity contribution in [3.8, 4) is 0 Å². The van der Waals surface area contributed by atoms with E-state index in [1.165, 1.54) is 0 Å². The number of hydrogen-bond acceptors (Lipinski definition) is 4. The molecular formula is C13H28N2O2S. The molecule has 0 aliphatic carbocycles. The highest BCUT2D eigenvalue weighted by Gasteiger charge is 2.32. The Hall–Kier alpha value is -0.130. The Morgan fingerprint density at radius 2 is 2.00 bits per heavy atom. The summed E-state index contributed by atoms with van der Waals surface area (Å²) < 4.78 is 22.9. The van der Waals surface area contributed by atoms with Gasteiger partial charge in [-0.2, -0.15) is 0 Å². The highest BCUT2D eigenvalue weighted by atomic mass is 32.2. The molecule has 108 valence electrons. The number of sulfone groups is 1.